The lowest BCUT2D eigenvalue weighted by atomic mass is 9.76. The Morgan fingerprint density at radius 3 is 2.10 bits per heavy atom. The molecule has 0 saturated carbocycles. The van der Waals surface area contributed by atoms with Crippen LogP contribution in [0.25, 0.3) is 0 Å². The minimum absolute atomic E-state index is 0.0633. The number of Topliss-reactive ketones (excluding diaryl/α,β-unsaturated/α-hetero) is 1. The van der Waals surface area contributed by atoms with Crippen LogP contribution in [0.4, 0.5) is 0 Å². The molecule has 60 heavy (non-hydrogen) atoms. The lowest BCUT2D eigenvalue weighted by molar-refractivity contribution is -0.308. The maximum absolute atomic E-state index is 14.1. The van der Waals surface area contributed by atoms with Gasteiger partial charge in [-0.05, 0) is 67.9 Å². The Kier molecular flexibility index (Phi) is 19.8. The predicted octanol–water partition coefficient (Wildman–Crippen LogP) is 0.479. The normalized spacial score (nSPS) is 43.5. The number of carbonyl (C=O) groups excluding carboxylic acids is 2. The first-order chi connectivity index (χ1) is 27.9. The summed E-state index contributed by atoms with van der Waals surface area (Å²) in [5.74, 6) is -4.31. The smallest absolute Gasteiger partial charge is 0.311 e. The van der Waals surface area contributed by atoms with E-state index < -0.39 is 126 Å². The van der Waals surface area contributed by atoms with Gasteiger partial charge in [-0.2, -0.15) is 0 Å². The zero-order valence-electron chi connectivity index (χ0n) is 38.1. The quantitative estimate of drug-likeness (QED) is 0.0874. The molecule has 0 aromatic carbocycles. The van der Waals surface area contributed by atoms with Gasteiger partial charge in [-0.1, -0.05) is 20.8 Å². The van der Waals surface area contributed by atoms with E-state index in [0.717, 1.165) is 0 Å². The summed E-state index contributed by atoms with van der Waals surface area (Å²) in [7, 11) is 6.28. The third kappa shape index (κ3) is 13.1. The van der Waals surface area contributed by atoms with Crippen molar-refractivity contribution in [1.82, 2.24) is 10.2 Å². The highest BCUT2D eigenvalue weighted by molar-refractivity contribution is 5.83. The topological polar surface area (TPSA) is 245 Å². The number of rotatable bonds is 15. The van der Waals surface area contributed by atoms with Gasteiger partial charge in [0, 0.05) is 71.7 Å². The Balaban J connectivity index is 2.03. The second-order valence-electron chi connectivity index (χ2n) is 18.2. The highest BCUT2D eigenvalue weighted by Gasteiger charge is 2.51. The summed E-state index contributed by atoms with van der Waals surface area (Å²) in [6, 6.07) is -0.555. The monoisotopic (exact) mass is 867 g/mol. The van der Waals surface area contributed by atoms with Crippen LogP contribution in [0, 0.1) is 17.8 Å². The number of methoxy groups -OCH3 is 3. The fourth-order valence-electron chi connectivity index (χ4n) is 8.91. The number of hydrogen-bond acceptors (Lipinski definition) is 18. The van der Waals surface area contributed by atoms with E-state index in [4.69, 9.17) is 37.9 Å². The number of nitrogens with one attached hydrogen (secondary N) is 1. The zero-order chi connectivity index (χ0) is 45.5. The molecule has 7 N–H and O–H groups in total. The van der Waals surface area contributed by atoms with Crippen molar-refractivity contribution in [2.45, 2.75) is 191 Å². The Hall–Kier alpha value is -1.46. The molecule has 0 aromatic rings. The van der Waals surface area contributed by atoms with Gasteiger partial charge in [-0.15, -0.1) is 0 Å². The SMILES string of the molecule is CC[C@H]1OC(=O)[C@H](C)[C@@H](OC2C[C@@](C)(OC)[C@@H](O)[C@H](C)O2)C[C@@H](OC2O[C@H](C)C[C@H](N(C)CC(O)CNCC(OC)OC)[C@H]2O)[C@](C)(O)C[C@@H](C)C(=O)[C@H](C)[C@@H](O)[C@]1(C)O. The predicted molar refractivity (Wildman–Crippen MR) is 217 cm³/mol. The molecule has 0 aromatic heterocycles. The summed E-state index contributed by atoms with van der Waals surface area (Å²) in [5, 5.41) is 72.2. The molecule has 0 spiro atoms. The van der Waals surface area contributed by atoms with Crippen molar-refractivity contribution in [3.8, 4) is 0 Å². The lowest BCUT2D eigenvalue weighted by Gasteiger charge is -2.47. The second-order valence-corrected chi connectivity index (χ2v) is 18.2. The fourth-order valence-corrected chi connectivity index (χ4v) is 8.91. The van der Waals surface area contributed by atoms with Crippen LogP contribution < -0.4 is 5.32 Å². The number of ketones is 1. The van der Waals surface area contributed by atoms with Gasteiger partial charge in [0.2, 0.25) is 0 Å². The molecule has 0 amide bonds. The molecule has 18 heteroatoms. The van der Waals surface area contributed by atoms with Crippen LogP contribution in [0.2, 0.25) is 0 Å². The Morgan fingerprint density at radius 1 is 0.883 bits per heavy atom. The molecule has 352 valence electrons. The number of carbonyl (C=O) groups is 2. The third-order valence-corrected chi connectivity index (χ3v) is 13.1. The van der Waals surface area contributed by atoms with Gasteiger partial charge < -0.3 is 73.9 Å². The van der Waals surface area contributed by atoms with Gasteiger partial charge in [0.05, 0.1) is 53.7 Å². The van der Waals surface area contributed by atoms with E-state index in [1.807, 2.05) is 11.8 Å². The van der Waals surface area contributed by atoms with E-state index in [1.165, 1.54) is 42.1 Å². The van der Waals surface area contributed by atoms with Crippen molar-refractivity contribution in [3.05, 3.63) is 0 Å². The maximum Gasteiger partial charge on any atom is 0.311 e. The van der Waals surface area contributed by atoms with Crippen LogP contribution in [-0.4, -0.2) is 192 Å². The van der Waals surface area contributed by atoms with E-state index in [-0.39, 0.29) is 38.8 Å². The molecule has 3 unspecified atom stereocenters. The summed E-state index contributed by atoms with van der Waals surface area (Å²) < 4.78 is 47.5. The number of cyclic esters (lactones) is 1. The van der Waals surface area contributed by atoms with Gasteiger partial charge in [0.25, 0.3) is 0 Å². The van der Waals surface area contributed by atoms with E-state index in [9.17, 15) is 40.2 Å². The highest BCUT2D eigenvalue weighted by Crippen LogP contribution is 2.39. The van der Waals surface area contributed by atoms with Gasteiger partial charge in [-0.25, -0.2) is 0 Å². The summed E-state index contributed by atoms with van der Waals surface area (Å²) >= 11 is 0. The number of esters is 1. The first-order valence-corrected chi connectivity index (χ1v) is 21.4. The highest BCUT2D eigenvalue weighted by atomic mass is 16.7. The van der Waals surface area contributed by atoms with Crippen molar-refractivity contribution in [2.24, 2.45) is 17.8 Å². The summed E-state index contributed by atoms with van der Waals surface area (Å²) in [6.07, 6.45) is -12.2. The number of hydrogen-bond donors (Lipinski definition) is 7. The molecule has 3 saturated heterocycles. The minimum atomic E-state index is -2.02. The first-order valence-electron chi connectivity index (χ1n) is 21.4. The molecule has 0 aliphatic carbocycles. The fraction of sp³-hybridized carbons (Fsp3) is 0.952. The van der Waals surface area contributed by atoms with E-state index in [0.29, 0.717) is 13.0 Å². The van der Waals surface area contributed by atoms with Crippen LogP contribution in [0.15, 0.2) is 0 Å². The summed E-state index contributed by atoms with van der Waals surface area (Å²) in [4.78, 5) is 29.8. The van der Waals surface area contributed by atoms with Crippen LogP contribution in [0.5, 0.6) is 0 Å². The molecule has 3 aliphatic rings. The van der Waals surface area contributed by atoms with Gasteiger partial charge in [-0.3, -0.25) is 14.5 Å². The zero-order valence-corrected chi connectivity index (χ0v) is 38.1. The van der Waals surface area contributed by atoms with E-state index in [2.05, 4.69) is 5.32 Å². The van der Waals surface area contributed by atoms with Crippen LogP contribution in [-0.2, 0) is 47.5 Å². The van der Waals surface area contributed by atoms with Crippen molar-refractivity contribution in [3.63, 3.8) is 0 Å². The minimum Gasteiger partial charge on any atom is -0.459 e. The van der Waals surface area contributed by atoms with Gasteiger partial charge in [0.1, 0.15) is 29.7 Å². The van der Waals surface area contributed by atoms with Gasteiger partial charge >= 0.3 is 5.97 Å². The maximum atomic E-state index is 14.1. The Morgan fingerprint density at radius 2 is 1.52 bits per heavy atom. The van der Waals surface area contributed by atoms with Crippen molar-refractivity contribution >= 4 is 11.8 Å². The van der Waals surface area contributed by atoms with E-state index in [1.54, 1.807) is 41.7 Å². The molecule has 3 rings (SSSR count). The third-order valence-electron chi connectivity index (χ3n) is 13.1. The number of ether oxygens (including phenoxy) is 8. The molecule has 3 heterocycles. The molecule has 0 bridgehead atoms. The molecular formula is C42H78N2O16. The second kappa shape index (κ2) is 22.4. The number of aliphatic hydroxyl groups excluding tert-OH is 4. The largest absolute Gasteiger partial charge is 0.459 e. The lowest BCUT2D eigenvalue weighted by Crippen LogP contribution is -2.60. The Labute approximate surface area is 356 Å². The number of nitrogens with zero attached hydrogens (tertiary/aromatic N) is 1. The molecular weight excluding hydrogens is 788 g/mol. The number of likely N-dealkylation sites (N-methyl/N-ethyl adjacent to an activating group) is 1. The van der Waals surface area contributed by atoms with E-state index >= 15 is 0 Å². The molecule has 0 radical (unpaired) electrons. The molecule has 3 aliphatic heterocycles. The van der Waals surface area contributed by atoms with Crippen LogP contribution in [0.1, 0.15) is 94.4 Å². The molecule has 3 fully saturated rings. The van der Waals surface area contributed by atoms with Crippen molar-refractivity contribution in [2.75, 3.05) is 48.0 Å². The van der Waals surface area contributed by atoms with Crippen molar-refractivity contribution in [1.29, 1.82) is 0 Å². The van der Waals surface area contributed by atoms with Gasteiger partial charge in [0.15, 0.2) is 18.9 Å². The summed E-state index contributed by atoms with van der Waals surface area (Å²) in [5.41, 5.74) is -4.96. The number of aliphatic hydroxyl groups is 6. The molecule has 18 atom stereocenters. The first kappa shape index (κ1) is 52.9. The van der Waals surface area contributed by atoms with Crippen molar-refractivity contribution < 1.29 is 78.1 Å². The van der Waals surface area contributed by atoms with Crippen LogP contribution >= 0.6 is 0 Å². The summed E-state index contributed by atoms with van der Waals surface area (Å²) in [6.45, 7) is 15.1. The Bertz CT molecular complexity index is 1340. The average Bonchev–Trinajstić information content (AvgIpc) is 3.18. The standard InChI is InChI=1S/C42H78N2O16/c1-14-30-42(9,52)36(48)25(5)34(46)22(2)17-40(7,51)31(16-29(24(4)38(50)59-30)58-32-18-41(8,55-13)37(49)26(6)57-32)60-39-35(47)28(15-23(3)56-39)44(10)21-27(45)19-43-20-33(53-11)54-12/h22-33,35-37,39,43,45,47-49,51-52H,14-21H2,1-13H3/t22-,23-,24-,25+,26+,27?,28+,29+,30-,31-,32?,35-,36-,37+,39?,40-,41-,42-/m1/s1. The molecule has 18 nitrogen and oxygen atoms in total. The average molecular weight is 867 g/mol. The van der Waals surface area contributed by atoms with Crippen LogP contribution in [0.3, 0.4) is 0 Å².